The van der Waals surface area contributed by atoms with E-state index in [0.29, 0.717) is 24.6 Å². The highest BCUT2D eigenvalue weighted by Gasteiger charge is 2.57. The van der Waals surface area contributed by atoms with Crippen LogP contribution in [0.15, 0.2) is 0 Å². The SMILES string of the molecule is CCS(=O)(=O)NCCCN[C@@H]1[C@@H]2CCCO[C@@H]2C1(C)C. The maximum atomic E-state index is 11.3. The van der Waals surface area contributed by atoms with Crippen molar-refractivity contribution in [3.63, 3.8) is 0 Å². The Morgan fingerprint density at radius 2 is 2.05 bits per heavy atom. The summed E-state index contributed by atoms with van der Waals surface area (Å²) in [7, 11) is -3.05. The summed E-state index contributed by atoms with van der Waals surface area (Å²) in [5.74, 6) is 0.781. The number of sulfonamides is 1. The fourth-order valence-corrected chi connectivity index (χ4v) is 4.27. The van der Waals surface area contributed by atoms with Crippen molar-refractivity contribution >= 4 is 10.0 Å². The second kappa shape index (κ2) is 6.30. The molecule has 0 amide bonds. The van der Waals surface area contributed by atoms with E-state index in [1.165, 1.54) is 6.42 Å². The van der Waals surface area contributed by atoms with Crippen molar-refractivity contribution in [1.82, 2.24) is 10.0 Å². The highest BCUT2D eigenvalue weighted by Crippen LogP contribution is 2.51. The summed E-state index contributed by atoms with van der Waals surface area (Å²) in [5.41, 5.74) is 0.189. The zero-order valence-corrected chi connectivity index (χ0v) is 13.6. The van der Waals surface area contributed by atoms with E-state index < -0.39 is 10.0 Å². The summed E-state index contributed by atoms with van der Waals surface area (Å²) < 4.78 is 31.1. The molecule has 0 bridgehead atoms. The second-order valence-corrected chi connectivity index (χ2v) is 8.60. The molecule has 1 aliphatic heterocycles. The molecule has 5 nitrogen and oxygen atoms in total. The Labute approximate surface area is 122 Å². The summed E-state index contributed by atoms with van der Waals surface area (Å²) in [5, 5.41) is 3.60. The van der Waals surface area contributed by atoms with Gasteiger partial charge < -0.3 is 10.1 Å². The Morgan fingerprint density at radius 3 is 2.75 bits per heavy atom. The Kier molecular flexibility index (Phi) is 5.10. The normalized spacial score (nSPS) is 32.5. The number of fused-ring (bicyclic) bond motifs is 1. The van der Waals surface area contributed by atoms with E-state index >= 15 is 0 Å². The molecule has 118 valence electrons. The van der Waals surface area contributed by atoms with Crippen molar-refractivity contribution in [3.8, 4) is 0 Å². The minimum Gasteiger partial charge on any atom is -0.377 e. The summed E-state index contributed by atoms with van der Waals surface area (Å²) in [6.07, 6.45) is 3.62. The van der Waals surface area contributed by atoms with Gasteiger partial charge in [-0.2, -0.15) is 0 Å². The number of nitrogens with one attached hydrogen (secondary N) is 2. The third-order valence-corrected chi connectivity index (χ3v) is 6.15. The topological polar surface area (TPSA) is 67.4 Å². The molecule has 2 N–H and O–H groups in total. The number of hydrogen-bond acceptors (Lipinski definition) is 4. The van der Waals surface area contributed by atoms with Crippen LogP contribution in [0.5, 0.6) is 0 Å². The van der Waals surface area contributed by atoms with Gasteiger partial charge in [-0.05, 0) is 32.7 Å². The Hall–Kier alpha value is -0.170. The maximum Gasteiger partial charge on any atom is 0.211 e. The van der Waals surface area contributed by atoms with Gasteiger partial charge in [-0.3, -0.25) is 0 Å². The molecule has 3 atom stereocenters. The van der Waals surface area contributed by atoms with Crippen molar-refractivity contribution in [2.24, 2.45) is 11.3 Å². The number of ether oxygens (including phenoxy) is 1. The average molecular weight is 304 g/mol. The zero-order valence-electron chi connectivity index (χ0n) is 12.8. The van der Waals surface area contributed by atoms with Crippen molar-refractivity contribution < 1.29 is 13.2 Å². The minimum absolute atomic E-state index is 0.150. The maximum absolute atomic E-state index is 11.3. The van der Waals surface area contributed by atoms with Crippen molar-refractivity contribution in [2.75, 3.05) is 25.4 Å². The van der Waals surface area contributed by atoms with Crippen LogP contribution < -0.4 is 10.0 Å². The first-order valence-electron chi connectivity index (χ1n) is 7.71. The smallest absolute Gasteiger partial charge is 0.211 e. The van der Waals surface area contributed by atoms with Gasteiger partial charge in [0, 0.05) is 30.5 Å². The van der Waals surface area contributed by atoms with E-state index in [1.54, 1.807) is 6.92 Å². The Balaban J connectivity index is 1.69. The molecule has 6 heteroatoms. The monoisotopic (exact) mass is 304 g/mol. The third kappa shape index (κ3) is 3.35. The van der Waals surface area contributed by atoms with Gasteiger partial charge in [0.25, 0.3) is 0 Å². The molecule has 2 aliphatic rings. The van der Waals surface area contributed by atoms with Crippen molar-refractivity contribution in [3.05, 3.63) is 0 Å². The van der Waals surface area contributed by atoms with E-state index in [0.717, 1.165) is 26.0 Å². The van der Waals surface area contributed by atoms with Gasteiger partial charge in [0.05, 0.1) is 11.9 Å². The standard InChI is InChI=1S/C14H28N2O3S/c1-4-20(17,18)16-9-6-8-15-12-11-7-5-10-19-13(11)14(12,2)3/h11-13,15-16H,4-10H2,1-3H3/t11-,12+,13-/m0/s1. The molecule has 0 unspecified atom stereocenters. The van der Waals surface area contributed by atoms with Crippen LogP contribution in [0.4, 0.5) is 0 Å². The molecular weight excluding hydrogens is 276 g/mol. The molecule has 0 aromatic rings. The van der Waals surface area contributed by atoms with Crippen molar-refractivity contribution in [2.45, 2.75) is 52.2 Å². The molecule has 0 aromatic carbocycles. The summed E-state index contributed by atoms with van der Waals surface area (Å²) >= 11 is 0. The van der Waals surface area contributed by atoms with E-state index in [2.05, 4.69) is 23.9 Å². The van der Waals surface area contributed by atoms with Crippen LogP contribution in [0.3, 0.4) is 0 Å². The number of hydrogen-bond donors (Lipinski definition) is 2. The molecule has 1 saturated carbocycles. The molecular formula is C14H28N2O3S. The van der Waals surface area contributed by atoms with Gasteiger partial charge in [0.15, 0.2) is 0 Å². The van der Waals surface area contributed by atoms with E-state index in [1.807, 2.05) is 0 Å². The lowest BCUT2D eigenvalue weighted by Crippen LogP contribution is -2.69. The molecule has 1 saturated heterocycles. The molecule has 20 heavy (non-hydrogen) atoms. The first kappa shape index (κ1) is 16.2. The van der Waals surface area contributed by atoms with Gasteiger partial charge in [-0.15, -0.1) is 0 Å². The molecule has 1 aliphatic carbocycles. The fraction of sp³-hybridized carbons (Fsp3) is 1.00. The molecule has 0 aromatic heterocycles. The second-order valence-electron chi connectivity index (χ2n) is 6.50. The van der Waals surface area contributed by atoms with Crippen LogP contribution in [0.2, 0.25) is 0 Å². The van der Waals surface area contributed by atoms with Crippen LogP contribution in [-0.2, 0) is 14.8 Å². The predicted molar refractivity (Wildman–Crippen MR) is 80.1 cm³/mol. The van der Waals surface area contributed by atoms with E-state index in [9.17, 15) is 8.42 Å². The van der Waals surface area contributed by atoms with Crippen LogP contribution in [0, 0.1) is 11.3 Å². The highest BCUT2D eigenvalue weighted by molar-refractivity contribution is 7.89. The number of rotatable bonds is 7. The van der Waals surface area contributed by atoms with Crippen LogP contribution >= 0.6 is 0 Å². The lowest BCUT2D eigenvalue weighted by atomic mass is 9.55. The Bertz CT molecular complexity index is 422. The van der Waals surface area contributed by atoms with Gasteiger partial charge in [0.1, 0.15) is 0 Å². The first-order chi connectivity index (χ1) is 9.38. The summed E-state index contributed by atoms with van der Waals surface area (Å²) in [6, 6.07) is 0.496. The van der Waals surface area contributed by atoms with Gasteiger partial charge in [-0.25, -0.2) is 13.1 Å². The third-order valence-electron chi connectivity index (χ3n) is 4.75. The van der Waals surface area contributed by atoms with Crippen LogP contribution in [0.1, 0.15) is 40.0 Å². The lowest BCUT2D eigenvalue weighted by Gasteiger charge is -2.60. The largest absolute Gasteiger partial charge is 0.377 e. The quantitative estimate of drug-likeness (QED) is 0.692. The highest BCUT2D eigenvalue weighted by atomic mass is 32.2. The summed E-state index contributed by atoms with van der Waals surface area (Å²) in [4.78, 5) is 0. The molecule has 2 fully saturated rings. The fourth-order valence-electron chi connectivity index (χ4n) is 3.61. The van der Waals surface area contributed by atoms with Gasteiger partial charge in [-0.1, -0.05) is 13.8 Å². The van der Waals surface area contributed by atoms with E-state index in [4.69, 9.17) is 4.74 Å². The molecule has 2 rings (SSSR count). The zero-order chi connectivity index (χ0) is 14.8. The lowest BCUT2D eigenvalue weighted by molar-refractivity contribution is -0.192. The van der Waals surface area contributed by atoms with Crippen molar-refractivity contribution in [1.29, 1.82) is 0 Å². The summed E-state index contributed by atoms with van der Waals surface area (Å²) in [6.45, 7) is 8.44. The van der Waals surface area contributed by atoms with E-state index in [-0.39, 0.29) is 11.2 Å². The van der Waals surface area contributed by atoms with Crippen LogP contribution in [0.25, 0.3) is 0 Å². The molecule has 0 radical (unpaired) electrons. The van der Waals surface area contributed by atoms with Gasteiger partial charge in [0.2, 0.25) is 10.0 Å². The predicted octanol–water partition coefficient (Wildman–Crippen LogP) is 1.11. The Morgan fingerprint density at radius 1 is 1.30 bits per heavy atom. The van der Waals surface area contributed by atoms with Gasteiger partial charge >= 0.3 is 0 Å². The molecule has 1 heterocycles. The van der Waals surface area contributed by atoms with Crippen LogP contribution in [-0.4, -0.2) is 46.0 Å². The average Bonchev–Trinajstić information content (AvgIpc) is 2.42. The molecule has 0 spiro atoms. The minimum atomic E-state index is -3.05. The first-order valence-corrected chi connectivity index (χ1v) is 9.36.